The summed E-state index contributed by atoms with van der Waals surface area (Å²) in [6, 6.07) is 8.46. The molecule has 0 bridgehead atoms. The number of rotatable bonds is 9. The number of carbonyl (C=O) groups excluding carboxylic acids is 1. The van der Waals surface area contributed by atoms with Crippen LogP contribution >= 0.6 is 0 Å². The molecule has 0 saturated heterocycles. The van der Waals surface area contributed by atoms with Crippen LogP contribution in [-0.4, -0.2) is 18.2 Å². The van der Waals surface area contributed by atoms with Crippen LogP contribution in [0.4, 0.5) is 4.39 Å². The van der Waals surface area contributed by atoms with Gasteiger partial charge in [0.05, 0.1) is 6.10 Å². The molecule has 106 valence electrons. The molecular weight excluding hydrogens is 243 g/mol. The molecule has 1 rings (SSSR count). The number of Topliss-reactive ketones (excluding diaryl/α,β-unsaturated/α-hetero) is 1. The molecule has 19 heavy (non-hydrogen) atoms. The van der Waals surface area contributed by atoms with Gasteiger partial charge in [-0.2, -0.15) is 0 Å². The Morgan fingerprint density at radius 2 is 1.84 bits per heavy atom. The molecule has 1 aromatic carbocycles. The Morgan fingerprint density at radius 3 is 2.42 bits per heavy atom. The highest BCUT2D eigenvalue weighted by Gasteiger charge is 2.23. The monoisotopic (exact) mass is 266 g/mol. The topological polar surface area (TPSA) is 26.3 Å². The maximum Gasteiger partial charge on any atom is 0.263 e. The maximum atomic E-state index is 13.9. The van der Waals surface area contributed by atoms with Crippen molar-refractivity contribution in [3.8, 4) is 0 Å². The normalized spacial score (nSPS) is 14.1. The molecule has 0 amide bonds. The number of hydrogen-bond donors (Lipinski definition) is 0. The SMILES string of the molecule is CCCCC(CCC)OC(F)C(=O)c1ccccc1. The lowest BCUT2D eigenvalue weighted by molar-refractivity contribution is -0.0695. The summed E-state index contributed by atoms with van der Waals surface area (Å²) >= 11 is 0. The average Bonchev–Trinajstić information content (AvgIpc) is 2.45. The number of ether oxygens (including phenoxy) is 1. The van der Waals surface area contributed by atoms with Crippen LogP contribution in [-0.2, 0) is 4.74 Å². The highest BCUT2D eigenvalue weighted by Crippen LogP contribution is 2.16. The summed E-state index contributed by atoms with van der Waals surface area (Å²) in [5, 5.41) is 0. The van der Waals surface area contributed by atoms with E-state index in [9.17, 15) is 9.18 Å². The number of alkyl halides is 1. The van der Waals surface area contributed by atoms with Crippen molar-refractivity contribution in [2.75, 3.05) is 0 Å². The molecule has 0 spiro atoms. The molecule has 0 aliphatic rings. The van der Waals surface area contributed by atoms with Crippen molar-refractivity contribution in [2.45, 2.75) is 58.4 Å². The van der Waals surface area contributed by atoms with Gasteiger partial charge in [-0.1, -0.05) is 63.4 Å². The van der Waals surface area contributed by atoms with Gasteiger partial charge in [-0.15, -0.1) is 0 Å². The van der Waals surface area contributed by atoms with Crippen molar-refractivity contribution in [2.24, 2.45) is 0 Å². The van der Waals surface area contributed by atoms with Crippen molar-refractivity contribution < 1.29 is 13.9 Å². The zero-order chi connectivity index (χ0) is 14.1. The molecule has 0 heterocycles. The van der Waals surface area contributed by atoms with Crippen molar-refractivity contribution in [1.82, 2.24) is 0 Å². The van der Waals surface area contributed by atoms with Crippen LogP contribution in [0.15, 0.2) is 30.3 Å². The Hall–Kier alpha value is -1.22. The second kappa shape index (κ2) is 8.81. The predicted octanol–water partition coefficient (Wildman–Crippen LogP) is 4.54. The third-order valence-corrected chi connectivity index (χ3v) is 3.07. The summed E-state index contributed by atoms with van der Waals surface area (Å²) in [6.45, 7) is 4.12. The van der Waals surface area contributed by atoms with Gasteiger partial charge in [0.2, 0.25) is 5.78 Å². The van der Waals surface area contributed by atoms with E-state index >= 15 is 0 Å². The molecule has 0 aromatic heterocycles. The molecule has 0 radical (unpaired) electrons. The first-order valence-corrected chi connectivity index (χ1v) is 7.07. The Morgan fingerprint density at radius 1 is 1.16 bits per heavy atom. The highest BCUT2D eigenvalue weighted by molar-refractivity contribution is 5.98. The van der Waals surface area contributed by atoms with Gasteiger partial charge >= 0.3 is 0 Å². The average molecular weight is 266 g/mol. The Balaban J connectivity index is 2.55. The van der Waals surface area contributed by atoms with Crippen molar-refractivity contribution in [3.63, 3.8) is 0 Å². The first-order chi connectivity index (χ1) is 9.19. The van der Waals surface area contributed by atoms with Crippen LogP contribution in [0.3, 0.4) is 0 Å². The lowest BCUT2D eigenvalue weighted by atomic mass is 10.1. The third kappa shape index (κ3) is 5.52. The molecule has 2 unspecified atom stereocenters. The number of hydrogen-bond acceptors (Lipinski definition) is 2. The fourth-order valence-corrected chi connectivity index (χ4v) is 2.00. The fraction of sp³-hybridized carbons (Fsp3) is 0.562. The van der Waals surface area contributed by atoms with Gasteiger partial charge in [0.1, 0.15) is 0 Å². The fourth-order valence-electron chi connectivity index (χ4n) is 2.00. The lowest BCUT2D eigenvalue weighted by Crippen LogP contribution is -2.26. The van der Waals surface area contributed by atoms with E-state index in [1.807, 2.05) is 6.92 Å². The first kappa shape index (κ1) is 15.8. The zero-order valence-electron chi connectivity index (χ0n) is 11.8. The van der Waals surface area contributed by atoms with Crippen LogP contribution in [0.2, 0.25) is 0 Å². The summed E-state index contributed by atoms with van der Waals surface area (Å²) in [5.41, 5.74) is 0.362. The molecule has 1 aromatic rings. The molecule has 0 aliphatic carbocycles. The first-order valence-electron chi connectivity index (χ1n) is 7.07. The Kier molecular flexibility index (Phi) is 7.34. The highest BCUT2D eigenvalue weighted by atomic mass is 19.1. The zero-order valence-corrected chi connectivity index (χ0v) is 11.8. The van der Waals surface area contributed by atoms with Crippen molar-refractivity contribution in [1.29, 1.82) is 0 Å². The van der Waals surface area contributed by atoms with E-state index in [0.717, 1.165) is 32.1 Å². The lowest BCUT2D eigenvalue weighted by Gasteiger charge is -2.19. The second-order valence-electron chi connectivity index (χ2n) is 4.74. The maximum absolute atomic E-state index is 13.9. The van der Waals surface area contributed by atoms with E-state index < -0.39 is 12.1 Å². The summed E-state index contributed by atoms with van der Waals surface area (Å²) < 4.78 is 19.2. The van der Waals surface area contributed by atoms with E-state index in [1.165, 1.54) is 0 Å². The van der Waals surface area contributed by atoms with E-state index in [0.29, 0.717) is 5.56 Å². The summed E-state index contributed by atoms with van der Waals surface area (Å²) in [5.74, 6) is -0.585. The van der Waals surface area contributed by atoms with Gasteiger partial charge in [0.25, 0.3) is 6.36 Å². The molecule has 0 aliphatic heterocycles. The van der Waals surface area contributed by atoms with Gasteiger partial charge in [0.15, 0.2) is 0 Å². The summed E-state index contributed by atoms with van der Waals surface area (Å²) in [4.78, 5) is 11.9. The van der Waals surface area contributed by atoms with Crippen LogP contribution in [0.1, 0.15) is 56.3 Å². The van der Waals surface area contributed by atoms with E-state index in [2.05, 4.69) is 6.92 Å². The van der Waals surface area contributed by atoms with Crippen molar-refractivity contribution in [3.05, 3.63) is 35.9 Å². The molecule has 0 N–H and O–H groups in total. The van der Waals surface area contributed by atoms with Crippen LogP contribution in [0, 0.1) is 0 Å². The van der Waals surface area contributed by atoms with Gasteiger partial charge < -0.3 is 4.74 Å². The molecule has 2 nitrogen and oxygen atoms in total. The standard InChI is InChI=1S/C16H23FO2/c1-3-5-12-14(9-4-2)19-16(17)15(18)13-10-7-6-8-11-13/h6-8,10-11,14,16H,3-5,9,12H2,1-2H3. The predicted molar refractivity (Wildman–Crippen MR) is 75.0 cm³/mol. The Labute approximate surface area is 115 Å². The number of unbranched alkanes of at least 4 members (excludes halogenated alkanes) is 1. The Bertz CT molecular complexity index is 364. The summed E-state index contributed by atoms with van der Waals surface area (Å²) in [7, 11) is 0. The number of carbonyl (C=O) groups is 1. The van der Waals surface area contributed by atoms with Crippen LogP contribution < -0.4 is 0 Å². The van der Waals surface area contributed by atoms with E-state index in [-0.39, 0.29) is 6.10 Å². The van der Waals surface area contributed by atoms with Crippen LogP contribution in [0.25, 0.3) is 0 Å². The van der Waals surface area contributed by atoms with Gasteiger partial charge in [0, 0.05) is 5.56 Å². The number of ketones is 1. The molecule has 0 fully saturated rings. The number of halogens is 1. The molecule has 2 atom stereocenters. The second-order valence-corrected chi connectivity index (χ2v) is 4.74. The van der Waals surface area contributed by atoms with E-state index in [4.69, 9.17) is 4.74 Å². The van der Waals surface area contributed by atoms with Crippen molar-refractivity contribution >= 4 is 5.78 Å². The number of benzene rings is 1. The van der Waals surface area contributed by atoms with Gasteiger partial charge in [-0.3, -0.25) is 4.79 Å². The summed E-state index contributed by atoms with van der Waals surface area (Å²) in [6.07, 6.45) is 2.57. The minimum Gasteiger partial charge on any atom is -0.339 e. The molecular formula is C16H23FO2. The third-order valence-electron chi connectivity index (χ3n) is 3.07. The largest absolute Gasteiger partial charge is 0.339 e. The minimum atomic E-state index is -1.85. The van der Waals surface area contributed by atoms with Crippen LogP contribution in [0.5, 0.6) is 0 Å². The van der Waals surface area contributed by atoms with Gasteiger partial charge in [-0.25, -0.2) is 4.39 Å². The minimum absolute atomic E-state index is 0.160. The molecule has 0 saturated carbocycles. The smallest absolute Gasteiger partial charge is 0.263 e. The van der Waals surface area contributed by atoms with Gasteiger partial charge in [-0.05, 0) is 12.8 Å². The van der Waals surface area contributed by atoms with E-state index in [1.54, 1.807) is 30.3 Å². The molecule has 3 heteroatoms. The quantitative estimate of drug-likeness (QED) is 0.613.